The van der Waals surface area contributed by atoms with Gasteiger partial charge in [-0.1, -0.05) is 25.0 Å². The summed E-state index contributed by atoms with van der Waals surface area (Å²) in [5.74, 6) is -0.210. The summed E-state index contributed by atoms with van der Waals surface area (Å²) in [6.07, 6.45) is 4.66. The maximum Gasteiger partial charge on any atom is 0.123 e. The highest BCUT2D eigenvalue weighted by Crippen LogP contribution is 2.20. The molecule has 1 fully saturated rings. The second-order valence-corrected chi connectivity index (χ2v) is 4.42. The summed E-state index contributed by atoms with van der Waals surface area (Å²) in [6, 6.07) is 6.58. The fourth-order valence-electron chi connectivity index (χ4n) is 2.12. The molecule has 1 saturated carbocycles. The molecule has 2 unspecified atom stereocenters. The zero-order chi connectivity index (χ0) is 11.4. The Kier molecular flexibility index (Phi) is 3.91. The van der Waals surface area contributed by atoms with E-state index in [1.165, 1.54) is 25.0 Å². The van der Waals surface area contributed by atoms with Crippen LogP contribution in [0.1, 0.15) is 31.2 Å². The van der Waals surface area contributed by atoms with Crippen LogP contribution in [0, 0.1) is 5.82 Å². The molecule has 2 N–H and O–H groups in total. The van der Waals surface area contributed by atoms with Gasteiger partial charge in [-0.3, -0.25) is 0 Å². The van der Waals surface area contributed by atoms with Crippen LogP contribution in [0.25, 0.3) is 0 Å². The van der Waals surface area contributed by atoms with Crippen molar-refractivity contribution in [3.63, 3.8) is 0 Å². The zero-order valence-corrected chi connectivity index (χ0v) is 9.36. The highest BCUT2D eigenvalue weighted by molar-refractivity contribution is 5.15. The molecule has 3 heteroatoms. The van der Waals surface area contributed by atoms with Gasteiger partial charge in [-0.2, -0.15) is 0 Å². The molecule has 0 amide bonds. The number of hydrogen-bond acceptors (Lipinski definition) is 2. The number of ether oxygens (including phenoxy) is 1. The van der Waals surface area contributed by atoms with E-state index in [4.69, 9.17) is 10.5 Å². The smallest absolute Gasteiger partial charge is 0.123 e. The minimum atomic E-state index is -0.210. The van der Waals surface area contributed by atoms with Gasteiger partial charge >= 0.3 is 0 Å². The minimum Gasteiger partial charge on any atom is -0.372 e. The Morgan fingerprint density at radius 3 is 2.56 bits per heavy atom. The summed E-state index contributed by atoms with van der Waals surface area (Å²) < 4.78 is 18.5. The highest BCUT2D eigenvalue weighted by atomic mass is 19.1. The van der Waals surface area contributed by atoms with Crippen LogP contribution in [0.15, 0.2) is 24.3 Å². The number of rotatable bonds is 3. The predicted octanol–water partition coefficient (Wildman–Crippen LogP) is 2.61. The molecule has 2 atom stereocenters. The molecule has 2 nitrogen and oxygen atoms in total. The van der Waals surface area contributed by atoms with Crippen LogP contribution in [0.2, 0.25) is 0 Å². The lowest BCUT2D eigenvalue weighted by atomic mass is 9.93. The first-order valence-electron chi connectivity index (χ1n) is 5.87. The van der Waals surface area contributed by atoms with E-state index in [9.17, 15) is 4.39 Å². The van der Waals surface area contributed by atoms with E-state index in [1.54, 1.807) is 12.1 Å². The van der Waals surface area contributed by atoms with Gasteiger partial charge in [0.1, 0.15) is 5.82 Å². The van der Waals surface area contributed by atoms with Crippen LogP contribution in [0.5, 0.6) is 0 Å². The molecule has 1 aliphatic carbocycles. The lowest BCUT2D eigenvalue weighted by Crippen LogP contribution is -2.39. The Balaban J connectivity index is 1.84. The van der Waals surface area contributed by atoms with Crippen LogP contribution >= 0.6 is 0 Å². The third-order valence-corrected chi connectivity index (χ3v) is 3.13. The summed E-state index contributed by atoms with van der Waals surface area (Å²) in [5.41, 5.74) is 6.98. The van der Waals surface area contributed by atoms with Crippen molar-refractivity contribution in [2.75, 3.05) is 0 Å². The van der Waals surface area contributed by atoms with E-state index in [-0.39, 0.29) is 18.0 Å². The average Bonchev–Trinajstić information content (AvgIpc) is 2.30. The second-order valence-electron chi connectivity index (χ2n) is 4.42. The maximum atomic E-state index is 12.7. The molecule has 0 spiro atoms. The molecule has 1 aliphatic rings. The van der Waals surface area contributed by atoms with Crippen molar-refractivity contribution in [2.24, 2.45) is 5.73 Å². The number of hydrogen-bond donors (Lipinski definition) is 1. The summed E-state index contributed by atoms with van der Waals surface area (Å²) in [5, 5.41) is 0. The summed E-state index contributed by atoms with van der Waals surface area (Å²) in [6.45, 7) is 0.526. The Labute approximate surface area is 95.6 Å². The summed E-state index contributed by atoms with van der Waals surface area (Å²) in [7, 11) is 0. The number of halogens is 1. The lowest BCUT2D eigenvalue weighted by Gasteiger charge is -2.28. The van der Waals surface area contributed by atoms with E-state index in [0.29, 0.717) is 6.61 Å². The zero-order valence-electron chi connectivity index (χ0n) is 9.36. The van der Waals surface area contributed by atoms with Gasteiger partial charge in [-0.15, -0.1) is 0 Å². The molecule has 0 aromatic heterocycles. The predicted molar refractivity (Wildman–Crippen MR) is 61.4 cm³/mol. The molecule has 16 heavy (non-hydrogen) atoms. The van der Waals surface area contributed by atoms with Crippen molar-refractivity contribution in [1.29, 1.82) is 0 Å². The summed E-state index contributed by atoms with van der Waals surface area (Å²) in [4.78, 5) is 0. The monoisotopic (exact) mass is 223 g/mol. The first kappa shape index (κ1) is 11.6. The quantitative estimate of drug-likeness (QED) is 0.855. The van der Waals surface area contributed by atoms with Gasteiger partial charge in [0.05, 0.1) is 12.7 Å². The third kappa shape index (κ3) is 3.03. The van der Waals surface area contributed by atoms with Crippen LogP contribution < -0.4 is 5.73 Å². The first-order chi connectivity index (χ1) is 7.75. The normalized spacial score (nSPS) is 25.6. The van der Waals surface area contributed by atoms with Crippen molar-refractivity contribution in [2.45, 2.75) is 44.4 Å². The molecule has 1 aromatic carbocycles. The standard InChI is InChI=1S/C13H18FNO/c14-11-7-5-10(6-8-11)9-16-13-4-2-1-3-12(13)15/h5-8,12-13H,1-4,9,15H2. The van der Waals surface area contributed by atoms with Gasteiger partial charge in [-0.05, 0) is 30.5 Å². The van der Waals surface area contributed by atoms with Crippen LogP contribution in [0.4, 0.5) is 4.39 Å². The number of benzene rings is 1. The summed E-state index contributed by atoms with van der Waals surface area (Å²) >= 11 is 0. The van der Waals surface area contributed by atoms with E-state index in [0.717, 1.165) is 18.4 Å². The SMILES string of the molecule is NC1CCCCC1OCc1ccc(F)cc1. The van der Waals surface area contributed by atoms with Gasteiger partial charge in [0.15, 0.2) is 0 Å². The Morgan fingerprint density at radius 2 is 1.88 bits per heavy atom. The molecule has 0 heterocycles. The maximum absolute atomic E-state index is 12.7. The molecule has 88 valence electrons. The Hall–Kier alpha value is -0.930. The topological polar surface area (TPSA) is 35.2 Å². The molecule has 0 saturated heterocycles. The highest BCUT2D eigenvalue weighted by Gasteiger charge is 2.22. The molecule has 0 aliphatic heterocycles. The van der Waals surface area contributed by atoms with Crippen molar-refractivity contribution in [3.05, 3.63) is 35.6 Å². The molecule has 0 radical (unpaired) electrons. The largest absolute Gasteiger partial charge is 0.372 e. The van der Waals surface area contributed by atoms with Gasteiger partial charge in [0.2, 0.25) is 0 Å². The average molecular weight is 223 g/mol. The van der Waals surface area contributed by atoms with Crippen LogP contribution in [-0.4, -0.2) is 12.1 Å². The van der Waals surface area contributed by atoms with E-state index in [2.05, 4.69) is 0 Å². The first-order valence-corrected chi connectivity index (χ1v) is 5.87. The van der Waals surface area contributed by atoms with Crippen LogP contribution in [0.3, 0.4) is 0 Å². The van der Waals surface area contributed by atoms with E-state index in [1.807, 2.05) is 0 Å². The van der Waals surface area contributed by atoms with Crippen molar-refractivity contribution in [1.82, 2.24) is 0 Å². The second kappa shape index (κ2) is 5.41. The van der Waals surface area contributed by atoms with Gasteiger partial charge < -0.3 is 10.5 Å². The molecule has 1 aromatic rings. The van der Waals surface area contributed by atoms with E-state index < -0.39 is 0 Å². The minimum absolute atomic E-state index is 0.161. The molecule has 2 rings (SSSR count). The number of nitrogens with two attached hydrogens (primary N) is 1. The van der Waals surface area contributed by atoms with Crippen LogP contribution in [-0.2, 0) is 11.3 Å². The lowest BCUT2D eigenvalue weighted by molar-refractivity contribution is 0.00402. The van der Waals surface area contributed by atoms with Gasteiger partial charge in [0, 0.05) is 6.04 Å². The molecule has 0 bridgehead atoms. The fraction of sp³-hybridized carbons (Fsp3) is 0.538. The Bertz CT molecular complexity index is 325. The molecular weight excluding hydrogens is 205 g/mol. The van der Waals surface area contributed by atoms with Crippen molar-refractivity contribution >= 4 is 0 Å². The third-order valence-electron chi connectivity index (χ3n) is 3.13. The van der Waals surface area contributed by atoms with Crippen molar-refractivity contribution in [3.8, 4) is 0 Å². The Morgan fingerprint density at radius 1 is 1.19 bits per heavy atom. The van der Waals surface area contributed by atoms with Gasteiger partial charge in [0.25, 0.3) is 0 Å². The van der Waals surface area contributed by atoms with Gasteiger partial charge in [-0.25, -0.2) is 4.39 Å². The van der Waals surface area contributed by atoms with Crippen molar-refractivity contribution < 1.29 is 9.13 Å². The van der Waals surface area contributed by atoms with E-state index >= 15 is 0 Å². The fourth-order valence-corrected chi connectivity index (χ4v) is 2.12. The molecular formula is C13H18FNO.